The summed E-state index contributed by atoms with van der Waals surface area (Å²) >= 11 is 2.46. The Hall–Kier alpha value is -3.17. The van der Waals surface area contributed by atoms with E-state index in [0.717, 1.165) is 23.1 Å². The third kappa shape index (κ3) is 4.68. The smallest absolute Gasteiger partial charge is 0.276 e. The summed E-state index contributed by atoms with van der Waals surface area (Å²) in [6.45, 7) is 2.00. The minimum atomic E-state index is -0.349. The van der Waals surface area contributed by atoms with Crippen LogP contribution in [0.25, 0.3) is 15.9 Å². The number of hydrogen-bond donors (Lipinski definition) is 1. The number of rotatable bonds is 7. The van der Waals surface area contributed by atoms with Gasteiger partial charge in [0.15, 0.2) is 5.16 Å². The fourth-order valence-electron chi connectivity index (χ4n) is 3.15. The fraction of sp³-hybridized carbons (Fsp3) is 0.174. The van der Waals surface area contributed by atoms with E-state index in [2.05, 4.69) is 10.3 Å². The van der Waals surface area contributed by atoms with E-state index in [4.69, 9.17) is 4.74 Å². The fourth-order valence-corrected chi connectivity index (χ4v) is 4.75. The largest absolute Gasteiger partial charge is 0.497 e. The number of halogens is 1. The molecule has 2 aromatic heterocycles. The Labute approximate surface area is 192 Å². The minimum absolute atomic E-state index is 0.0756. The normalized spacial score (nSPS) is 11.0. The number of benzene rings is 2. The lowest BCUT2D eigenvalue weighted by Crippen LogP contribution is -2.26. The standard InChI is InChI=1S/C23H20FN3O3S2/c1-14-10-16(6-7-18(14)24)27-22(29)21-19(8-9-31-21)26-23(27)32-13-20(28)25-12-15-4-3-5-17(11-15)30-2/h3-11H,12-13H2,1-2H3,(H,25,28). The van der Waals surface area contributed by atoms with E-state index >= 15 is 0 Å². The van der Waals surface area contributed by atoms with Crippen molar-refractivity contribution in [2.75, 3.05) is 12.9 Å². The topological polar surface area (TPSA) is 73.2 Å². The summed E-state index contributed by atoms with van der Waals surface area (Å²) in [6.07, 6.45) is 0. The van der Waals surface area contributed by atoms with Crippen molar-refractivity contribution in [3.05, 3.63) is 81.2 Å². The molecule has 2 aromatic carbocycles. The van der Waals surface area contributed by atoms with Crippen molar-refractivity contribution in [1.82, 2.24) is 14.9 Å². The first-order valence-corrected chi connectivity index (χ1v) is 11.6. The summed E-state index contributed by atoms with van der Waals surface area (Å²) in [5, 5.41) is 5.04. The number of aromatic nitrogens is 2. The lowest BCUT2D eigenvalue weighted by Gasteiger charge is -2.13. The highest BCUT2D eigenvalue weighted by atomic mass is 32.2. The van der Waals surface area contributed by atoms with E-state index in [0.29, 0.717) is 33.2 Å². The van der Waals surface area contributed by atoms with Crippen LogP contribution < -0.4 is 15.6 Å². The van der Waals surface area contributed by atoms with Gasteiger partial charge < -0.3 is 10.1 Å². The lowest BCUT2D eigenvalue weighted by molar-refractivity contribution is -0.118. The molecule has 0 saturated heterocycles. The van der Waals surface area contributed by atoms with Gasteiger partial charge in [-0.3, -0.25) is 14.2 Å². The average molecular weight is 470 g/mol. The molecule has 0 atom stereocenters. The maximum Gasteiger partial charge on any atom is 0.276 e. The minimum Gasteiger partial charge on any atom is -0.497 e. The maximum absolute atomic E-state index is 13.8. The number of nitrogens with one attached hydrogen (secondary N) is 1. The Kier molecular flexibility index (Phi) is 6.57. The van der Waals surface area contributed by atoms with Gasteiger partial charge in [0, 0.05) is 6.54 Å². The zero-order chi connectivity index (χ0) is 22.7. The van der Waals surface area contributed by atoms with Crippen molar-refractivity contribution >= 4 is 39.2 Å². The second-order valence-corrected chi connectivity index (χ2v) is 8.88. The van der Waals surface area contributed by atoms with Gasteiger partial charge in [-0.1, -0.05) is 23.9 Å². The number of amides is 1. The van der Waals surface area contributed by atoms with Gasteiger partial charge in [0.25, 0.3) is 5.56 Å². The highest BCUT2D eigenvalue weighted by Crippen LogP contribution is 2.24. The van der Waals surface area contributed by atoms with E-state index in [-0.39, 0.29) is 23.0 Å². The molecule has 0 unspecified atom stereocenters. The third-order valence-electron chi connectivity index (χ3n) is 4.81. The third-order valence-corrected chi connectivity index (χ3v) is 6.64. The lowest BCUT2D eigenvalue weighted by atomic mass is 10.2. The predicted molar refractivity (Wildman–Crippen MR) is 125 cm³/mol. The van der Waals surface area contributed by atoms with Gasteiger partial charge in [0.1, 0.15) is 16.3 Å². The number of hydrogen-bond acceptors (Lipinski definition) is 6. The number of carbonyl (C=O) groups excluding carboxylic acids is 1. The van der Waals surface area contributed by atoms with Gasteiger partial charge in [-0.25, -0.2) is 9.37 Å². The number of fused-ring (bicyclic) bond motifs is 1. The summed E-state index contributed by atoms with van der Waals surface area (Å²) in [5.74, 6) is 0.252. The van der Waals surface area contributed by atoms with Gasteiger partial charge in [-0.2, -0.15) is 0 Å². The van der Waals surface area contributed by atoms with E-state index in [1.165, 1.54) is 28.0 Å². The molecular weight excluding hydrogens is 449 g/mol. The molecule has 0 aliphatic carbocycles. The number of methoxy groups -OCH3 is 1. The zero-order valence-corrected chi connectivity index (χ0v) is 19.1. The maximum atomic E-state index is 13.8. The predicted octanol–water partition coefficient (Wildman–Crippen LogP) is 4.31. The second kappa shape index (κ2) is 9.54. The van der Waals surface area contributed by atoms with E-state index in [1.807, 2.05) is 24.3 Å². The van der Waals surface area contributed by atoms with Crippen molar-refractivity contribution in [3.63, 3.8) is 0 Å². The number of carbonyl (C=O) groups is 1. The summed E-state index contributed by atoms with van der Waals surface area (Å²) in [6, 6.07) is 13.7. The molecular formula is C23H20FN3O3S2. The van der Waals surface area contributed by atoms with Crippen molar-refractivity contribution in [3.8, 4) is 11.4 Å². The molecule has 0 spiro atoms. The molecule has 4 rings (SSSR count). The molecule has 0 bridgehead atoms. The Morgan fingerprint density at radius 1 is 1.25 bits per heavy atom. The molecule has 32 heavy (non-hydrogen) atoms. The molecule has 4 aromatic rings. The summed E-state index contributed by atoms with van der Waals surface area (Å²) < 4.78 is 20.9. The van der Waals surface area contributed by atoms with Crippen molar-refractivity contribution < 1.29 is 13.9 Å². The number of thioether (sulfide) groups is 1. The van der Waals surface area contributed by atoms with Crippen molar-refractivity contribution in [1.29, 1.82) is 0 Å². The first-order chi connectivity index (χ1) is 15.5. The zero-order valence-electron chi connectivity index (χ0n) is 17.4. The van der Waals surface area contributed by atoms with Gasteiger partial charge in [0.2, 0.25) is 5.91 Å². The Balaban J connectivity index is 1.56. The van der Waals surface area contributed by atoms with Crippen LogP contribution in [-0.2, 0) is 11.3 Å². The second-order valence-electron chi connectivity index (χ2n) is 7.02. The Morgan fingerprint density at radius 2 is 2.09 bits per heavy atom. The molecule has 0 saturated carbocycles. The number of nitrogens with zero attached hydrogens (tertiary/aromatic N) is 2. The number of thiophene rings is 1. The van der Waals surface area contributed by atoms with Crippen LogP contribution in [0.5, 0.6) is 5.75 Å². The Bertz CT molecular complexity index is 1350. The van der Waals surface area contributed by atoms with Crippen molar-refractivity contribution in [2.45, 2.75) is 18.6 Å². The van der Waals surface area contributed by atoms with Crippen LogP contribution in [0.4, 0.5) is 4.39 Å². The average Bonchev–Trinajstić information content (AvgIpc) is 3.27. The molecule has 0 aliphatic rings. The first kappa shape index (κ1) is 22.0. The van der Waals surface area contributed by atoms with Crippen LogP contribution in [0.3, 0.4) is 0 Å². The van der Waals surface area contributed by atoms with Gasteiger partial charge in [-0.15, -0.1) is 11.3 Å². The van der Waals surface area contributed by atoms with E-state index in [1.54, 1.807) is 31.5 Å². The van der Waals surface area contributed by atoms with Crippen molar-refractivity contribution in [2.24, 2.45) is 0 Å². The molecule has 6 nitrogen and oxygen atoms in total. The molecule has 9 heteroatoms. The molecule has 164 valence electrons. The summed E-state index contributed by atoms with van der Waals surface area (Å²) in [5.41, 5.74) is 2.19. The summed E-state index contributed by atoms with van der Waals surface area (Å²) in [4.78, 5) is 30.2. The molecule has 1 amide bonds. The number of aryl methyl sites for hydroxylation is 1. The highest BCUT2D eigenvalue weighted by molar-refractivity contribution is 7.99. The van der Waals surface area contributed by atoms with E-state index < -0.39 is 0 Å². The highest BCUT2D eigenvalue weighted by Gasteiger charge is 2.16. The van der Waals surface area contributed by atoms with Gasteiger partial charge in [-0.05, 0) is 59.8 Å². The van der Waals surface area contributed by atoms with Crippen LogP contribution in [0.1, 0.15) is 11.1 Å². The van der Waals surface area contributed by atoms with Gasteiger partial charge >= 0.3 is 0 Å². The summed E-state index contributed by atoms with van der Waals surface area (Å²) in [7, 11) is 1.59. The van der Waals surface area contributed by atoms with Gasteiger partial charge in [0.05, 0.1) is 24.1 Å². The molecule has 0 aliphatic heterocycles. The molecule has 0 radical (unpaired) electrons. The van der Waals surface area contributed by atoms with Crippen LogP contribution in [0, 0.1) is 12.7 Å². The van der Waals surface area contributed by atoms with Crippen LogP contribution in [-0.4, -0.2) is 28.3 Å². The van der Waals surface area contributed by atoms with Crippen LogP contribution in [0.15, 0.2) is 63.9 Å². The number of ether oxygens (including phenoxy) is 1. The molecule has 2 heterocycles. The molecule has 1 N–H and O–H groups in total. The SMILES string of the molecule is COc1cccc(CNC(=O)CSc2nc3ccsc3c(=O)n2-c2ccc(F)c(C)c2)c1. The first-order valence-electron chi connectivity index (χ1n) is 9.75. The van der Waals surface area contributed by atoms with Crippen LogP contribution in [0.2, 0.25) is 0 Å². The quantitative estimate of drug-likeness (QED) is 0.323. The molecule has 0 fully saturated rings. The van der Waals surface area contributed by atoms with Crippen LogP contribution >= 0.6 is 23.1 Å². The van der Waals surface area contributed by atoms with E-state index in [9.17, 15) is 14.0 Å². The Morgan fingerprint density at radius 3 is 2.88 bits per heavy atom. The monoisotopic (exact) mass is 469 g/mol.